The standard InChI is InChI=1S/C18H25N5O4/c1-10-7-5-6-8-13(10)23-17(26)16(25)22(18(23)27)9-14(24)19-15-11(2)20-21(4)12(15)3/h10,13H,5-9H2,1-4H3,(H,19,24)/t10-,13-/m0/s1. The Labute approximate surface area is 157 Å². The molecule has 2 aliphatic rings. The van der Waals surface area contributed by atoms with Crippen LogP contribution in [0.15, 0.2) is 0 Å². The first-order valence-corrected chi connectivity index (χ1v) is 9.21. The Kier molecular flexibility index (Phi) is 5.03. The van der Waals surface area contributed by atoms with Gasteiger partial charge in [0.2, 0.25) is 5.91 Å². The van der Waals surface area contributed by atoms with E-state index in [1.165, 1.54) is 0 Å². The minimum absolute atomic E-state index is 0.147. The molecule has 0 bridgehead atoms. The monoisotopic (exact) mass is 375 g/mol. The fraction of sp³-hybridized carbons (Fsp3) is 0.611. The maximum absolute atomic E-state index is 12.7. The van der Waals surface area contributed by atoms with Crippen LogP contribution in [-0.2, 0) is 21.4 Å². The highest BCUT2D eigenvalue weighted by atomic mass is 16.2. The summed E-state index contributed by atoms with van der Waals surface area (Å²) in [5.41, 5.74) is 1.94. The van der Waals surface area contributed by atoms with Crippen LogP contribution in [0.3, 0.4) is 0 Å². The Morgan fingerprint density at radius 2 is 1.81 bits per heavy atom. The highest BCUT2D eigenvalue weighted by molar-refractivity contribution is 6.45. The van der Waals surface area contributed by atoms with Gasteiger partial charge in [0.25, 0.3) is 0 Å². The third-order valence-electron chi connectivity index (χ3n) is 5.56. The summed E-state index contributed by atoms with van der Waals surface area (Å²) in [5.74, 6) is -2.16. The highest BCUT2D eigenvalue weighted by Gasteiger charge is 2.49. The van der Waals surface area contributed by atoms with E-state index in [0.717, 1.165) is 34.8 Å². The minimum atomic E-state index is -0.937. The van der Waals surface area contributed by atoms with Gasteiger partial charge in [-0.1, -0.05) is 19.8 Å². The van der Waals surface area contributed by atoms with Gasteiger partial charge in [-0.25, -0.2) is 9.69 Å². The van der Waals surface area contributed by atoms with Crippen LogP contribution in [0, 0.1) is 19.8 Å². The lowest BCUT2D eigenvalue weighted by molar-refractivity contribution is -0.145. The van der Waals surface area contributed by atoms with Crippen LogP contribution in [0.25, 0.3) is 0 Å². The lowest BCUT2D eigenvalue weighted by Gasteiger charge is -2.34. The number of carbonyl (C=O) groups excluding carboxylic acids is 4. The van der Waals surface area contributed by atoms with Crippen LogP contribution >= 0.6 is 0 Å². The normalized spacial score (nSPS) is 23.3. The van der Waals surface area contributed by atoms with Crippen molar-refractivity contribution in [2.75, 3.05) is 11.9 Å². The van der Waals surface area contributed by atoms with Crippen LogP contribution < -0.4 is 5.32 Å². The number of amides is 5. The zero-order valence-corrected chi connectivity index (χ0v) is 16.1. The quantitative estimate of drug-likeness (QED) is 0.632. The van der Waals surface area contributed by atoms with Gasteiger partial charge in [-0.05, 0) is 32.6 Å². The molecule has 1 aliphatic heterocycles. The molecule has 1 saturated carbocycles. The number of aryl methyl sites for hydroxylation is 2. The van der Waals surface area contributed by atoms with E-state index in [0.29, 0.717) is 17.8 Å². The summed E-state index contributed by atoms with van der Waals surface area (Å²) in [6.45, 7) is 5.05. The fourth-order valence-corrected chi connectivity index (χ4v) is 3.91. The first-order valence-electron chi connectivity index (χ1n) is 9.21. The predicted octanol–water partition coefficient (Wildman–Crippen LogP) is 1.34. The molecule has 3 rings (SSSR count). The van der Waals surface area contributed by atoms with Gasteiger partial charge < -0.3 is 5.32 Å². The average molecular weight is 375 g/mol. The van der Waals surface area contributed by atoms with Gasteiger partial charge in [-0.3, -0.25) is 24.0 Å². The molecule has 2 heterocycles. The summed E-state index contributed by atoms with van der Waals surface area (Å²) >= 11 is 0. The Balaban J connectivity index is 1.73. The summed E-state index contributed by atoms with van der Waals surface area (Å²) in [7, 11) is 1.76. The molecular formula is C18H25N5O4. The molecule has 27 heavy (non-hydrogen) atoms. The summed E-state index contributed by atoms with van der Waals surface area (Å²) in [6, 6.07) is -0.975. The molecule has 1 aromatic heterocycles. The van der Waals surface area contributed by atoms with Gasteiger partial charge in [0.15, 0.2) is 0 Å². The summed E-state index contributed by atoms with van der Waals surface area (Å²) < 4.78 is 1.63. The largest absolute Gasteiger partial charge is 0.334 e. The minimum Gasteiger partial charge on any atom is -0.321 e. The summed E-state index contributed by atoms with van der Waals surface area (Å²) in [4.78, 5) is 51.6. The molecule has 9 nitrogen and oxygen atoms in total. The van der Waals surface area contributed by atoms with Crippen LogP contribution in [0.1, 0.15) is 44.0 Å². The molecule has 0 aromatic carbocycles. The van der Waals surface area contributed by atoms with E-state index in [-0.39, 0.29) is 12.0 Å². The lowest BCUT2D eigenvalue weighted by atomic mass is 9.85. The molecule has 1 N–H and O–H groups in total. The molecule has 5 amide bonds. The predicted molar refractivity (Wildman–Crippen MR) is 96.7 cm³/mol. The lowest BCUT2D eigenvalue weighted by Crippen LogP contribution is -2.46. The van der Waals surface area contributed by atoms with Crippen LogP contribution in [0.4, 0.5) is 10.5 Å². The SMILES string of the molecule is Cc1nn(C)c(C)c1NC(=O)CN1C(=O)C(=O)N([C@H]2CCCC[C@@H]2C)C1=O. The summed E-state index contributed by atoms with van der Waals surface area (Å²) in [6.07, 6.45) is 3.58. The van der Waals surface area contributed by atoms with Gasteiger partial charge in [0, 0.05) is 13.1 Å². The van der Waals surface area contributed by atoms with E-state index in [4.69, 9.17) is 0 Å². The van der Waals surface area contributed by atoms with E-state index in [1.54, 1.807) is 25.6 Å². The van der Waals surface area contributed by atoms with E-state index in [9.17, 15) is 19.2 Å². The molecule has 0 spiro atoms. The van der Waals surface area contributed by atoms with Crippen molar-refractivity contribution in [1.29, 1.82) is 0 Å². The third-order valence-corrected chi connectivity index (χ3v) is 5.56. The molecule has 0 unspecified atom stereocenters. The number of rotatable bonds is 4. The zero-order chi connectivity index (χ0) is 19.9. The fourth-order valence-electron chi connectivity index (χ4n) is 3.91. The second kappa shape index (κ2) is 7.13. The van der Waals surface area contributed by atoms with Crippen molar-refractivity contribution >= 4 is 29.4 Å². The van der Waals surface area contributed by atoms with Crippen molar-refractivity contribution in [1.82, 2.24) is 19.6 Å². The third kappa shape index (κ3) is 3.33. The first kappa shape index (κ1) is 19.1. The number of nitrogens with one attached hydrogen (secondary N) is 1. The number of hydrogen-bond donors (Lipinski definition) is 1. The number of urea groups is 1. The van der Waals surface area contributed by atoms with Gasteiger partial charge in [0.05, 0.1) is 17.1 Å². The van der Waals surface area contributed by atoms with Gasteiger partial charge in [-0.15, -0.1) is 0 Å². The molecule has 1 aromatic rings. The maximum Gasteiger partial charge on any atom is 0.334 e. The van der Waals surface area contributed by atoms with Crippen molar-refractivity contribution < 1.29 is 19.2 Å². The second-order valence-corrected chi connectivity index (χ2v) is 7.40. The molecule has 1 aliphatic carbocycles. The topological polar surface area (TPSA) is 105 Å². The second-order valence-electron chi connectivity index (χ2n) is 7.40. The average Bonchev–Trinajstić information content (AvgIpc) is 2.97. The van der Waals surface area contributed by atoms with Gasteiger partial charge >= 0.3 is 17.8 Å². The molecule has 146 valence electrons. The number of imide groups is 2. The number of aromatic nitrogens is 2. The Morgan fingerprint density at radius 1 is 1.15 bits per heavy atom. The molecule has 2 fully saturated rings. The van der Waals surface area contributed by atoms with Crippen LogP contribution in [0.5, 0.6) is 0 Å². The number of anilines is 1. The van der Waals surface area contributed by atoms with Crippen molar-refractivity contribution in [3.8, 4) is 0 Å². The van der Waals surface area contributed by atoms with Gasteiger partial charge in [0.1, 0.15) is 6.54 Å². The molecule has 9 heteroatoms. The summed E-state index contributed by atoms with van der Waals surface area (Å²) in [5, 5.41) is 6.90. The molecule has 2 atom stereocenters. The maximum atomic E-state index is 12.7. The first-order chi connectivity index (χ1) is 12.7. The van der Waals surface area contributed by atoms with Crippen molar-refractivity contribution in [3.63, 3.8) is 0 Å². The Bertz CT molecular complexity index is 815. The van der Waals surface area contributed by atoms with Gasteiger partial charge in [-0.2, -0.15) is 5.10 Å². The van der Waals surface area contributed by atoms with E-state index >= 15 is 0 Å². The van der Waals surface area contributed by atoms with Crippen molar-refractivity contribution in [2.24, 2.45) is 13.0 Å². The van der Waals surface area contributed by atoms with Crippen molar-refractivity contribution in [2.45, 2.75) is 52.5 Å². The van der Waals surface area contributed by atoms with Crippen LogP contribution in [0.2, 0.25) is 0 Å². The smallest absolute Gasteiger partial charge is 0.321 e. The molecular weight excluding hydrogens is 350 g/mol. The molecule has 1 saturated heterocycles. The highest BCUT2D eigenvalue weighted by Crippen LogP contribution is 2.31. The van der Waals surface area contributed by atoms with E-state index in [2.05, 4.69) is 10.4 Å². The zero-order valence-electron chi connectivity index (χ0n) is 16.1. The molecule has 0 radical (unpaired) electrons. The number of nitrogens with zero attached hydrogens (tertiary/aromatic N) is 4. The number of hydrogen-bond acceptors (Lipinski definition) is 5. The van der Waals surface area contributed by atoms with E-state index < -0.39 is 30.3 Å². The van der Waals surface area contributed by atoms with Crippen molar-refractivity contribution in [3.05, 3.63) is 11.4 Å². The number of carbonyl (C=O) groups is 4. The Hall–Kier alpha value is -2.71. The van der Waals surface area contributed by atoms with E-state index in [1.807, 2.05) is 6.92 Å². The van der Waals surface area contributed by atoms with Crippen LogP contribution in [-0.4, -0.2) is 55.9 Å². The Morgan fingerprint density at radius 3 is 2.41 bits per heavy atom.